The number of benzene rings is 2. The molecule has 2 heterocycles. The van der Waals surface area contributed by atoms with Crippen LogP contribution in [0.15, 0.2) is 54.7 Å². The van der Waals surface area contributed by atoms with E-state index in [0.29, 0.717) is 30.4 Å². The van der Waals surface area contributed by atoms with Crippen LogP contribution < -0.4 is 4.74 Å². The third-order valence-electron chi connectivity index (χ3n) is 4.90. The van der Waals surface area contributed by atoms with Gasteiger partial charge in [0, 0.05) is 11.2 Å². The highest BCUT2D eigenvalue weighted by Crippen LogP contribution is 2.41. The molecule has 0 N–H and O–H groups in total. The van der Waals surface area contributed by atoms with E-state index in [4.69, 9.17) is 21.1 Å². The maximum Gasteiger partial charge on any atom is 0.130 e. The number of ether oxygens (including phenoxy) is 2. The molecule has 0 saturated carbocycles. The average Bonchev–Trinajstić information content (AvgIpc) is 2.66. The fourth-order valence-corrected chi connectivity index (χ4v) is 3.58. The molecule has 1 aromatic heterocycles. The Morgan fingerprint density at radius 3 is 2.57 bits per heavy atom. The van der Waals surface area contributed by atoms with Gasteiger partial charge in [-0.1, -0.05) is 23.7 Å². The highest BCUT2D eigenvalue weighted by atomic mass is 35.5. The van der Waals surface area contributed by atoms with Crippen molar-refractivity contribution in [3.05, 3.63) is 88.0 Å². The zero-order chi connectivity index (χ0) is 19.6. The van der Waals surface area contributed by atoms with Crippen LogP contribution in [0.4, 0.5) is 0 Å². The molecule has 0 spiro atoms. The van der Waals surface area contributed by atoms with Gasteiger partial charge >= 0.3 is 0 Å². The normalized spacial score (nSPS) is 14.8. The van der Waals surface area contributed by atoms with Crippen LogP contribution in [0, 0.1) is 18.3 Å². The summed E-state index contributed by atoms with van der Waals surface area (Å²) >= 11 is 6.22. The Balaban J connectivity index is 1.55. The lowest BCUT2D eigenvalue weighted by Gasteiger charge is -2.42. The predicted octanol–water partition coefficient (Wildman–Crippen LogP) is 4.21. The topological polar surface area (TPSA) is 68.0 Å². The third-order valence-corrected chi connectivity index (χ3v) is 5.12. The molecule has 0 bridgehead atoms. The van der Waals surface area contributed by atoms with E-state index in [1.165, 1.54) is 0 Å². The van der Waals surface area contributed by atoms with Crippen LogP contribution in [0.3, 0.4) is 0 Å². The van der Waals surface area contributed by atoms with Crippen molar-refractivity contribution < 1.29 is 9.47 Å². The maximum atomic E-state index is 9.25. The van der Waals surface area contributed by atoms with Gasteiger partial charge in [0.1, 0.15) is 18.2 Å². The van der Waals surface area contributed by atoms with Gasteiger partial charge in [-0.15, -0.1) is 0 Å². The monoisotopic (exact) mass is 391 g/mol. The Hall–Kier alpha value is -2.94. The van der Waals surface area contributed by atoms with E-state index in [1.54, 1.807) is 12.3 Å². The lowest BCUT2D eigenvalue weighted by molar-refractivity contribution is -0.0380. The zero-order valence-electron chi connectivity index (χ0n) is 15.4. The largest absolute Gasteiger partial charge is 0.487 e. The summed E-state index contributed by atoms with van der Waals surface area (Å²) in [5.41, 5.74) is 3.19. The number of aromatic nitrogens is 2. The summed E-state index contributed by atoms with van der Waals surface area (Å²) in [6.07, 6.45) is 1.73. The number of aryl methyl sites for hydroxylation is 1. The molecule has 0 amide bonds. The van der Waals surface area contributed by atoms with E-state index in [-0.39, 0.29) is 5.41 Å². The van der Waals surface area contributed by atoms with Crippen molar-refractivity contribution in [3.8, 4) is 11.8 Å². The van der Waals surface area contributed by atoms with Crippen molar-refractivity contribution in [2.75, 3.05) is 13.2 Å². The van der Waals surface area contributed by atoms with Gasteiger partial charge in [-0.3, -0.25) is 0 Å². The van der Waals surface area contributed by atoms with Crippen LogP contribution in [-0.2, 0) is 16.8 Å². The van der Waals surface area contributed by atoms with Crippen molar-refractivity contribution in [1.82, 2.24) is 9.97 Å². The van der Waals surface area contributed by atoms with Gasteiger partial charge in [-0.05, 0) is 54.4 Å². The van der Waals surface area contributed by atoms with E-state index in [0.717, 1.165) is 28.4 Å². The molecule has 140 valence electrons. The minimum absolute atomic E-state index is 0.293. The maximum absolute atomic E-state index is 9.25. The number of rotatable bonds is 5. The van der Waals surface area contributed by atoms with Crippen molar-refractivity contribution in [3.63, 3.8) is 0 Å². The second kappa shape index (κ2) is 7.59. The van der Waals surface area contributed by atoms with Gasteiger partial charge in [-0.2, -0.15) is 5.26 Å². The minimum Gasteiger partial charge on any atom is -0.487 e. The fraction of sp³-hybridized carbons (Fsp3) is 0.227. The fourth-order valence-electron chi connectivity index (χ4n) is 3.35. The highest BCUT2D eigenvalue weighted by molar-refractivity contribution is 6.30. The summed E-state index contributed by atoms with van der Waals surface area (Å²) in [5.74, 6) is 1.49. The number of nitriles is 1. The second-order valence-electron chi connectivity index (χ2n) is 6.82. The van der Waals surface area contributed by atoms with Gasteiger partial charge in [0.2, 0.25) is 0 Å². The Labute approximate surface area is 168 Å². The Morgan fingerprint density at radius 2 is 1.93 bits per heavy atom. The standard InChI is InChI=1S/C22H18ClN3O2/c1-15-25-7-6-20(26-15)12-28-21-4-2-17(3-5-21)22(13-27-14-22)18-8-16(11-24)9-19(23)10-18/h2-10H,12-14H2,1H3. The van der Waals surface area contributed by atoms with Gasteiger partial charge < -0.3 is 9.47 Å². The van der Waals surface area contributed by atoms with Crippen LogP contribution in [-0.4, -0.2) is 23.2 Å². The molecule has 28 heavy (non-hydrogen) atoms. The molecular formula is C22H18ClN3O2. The van der Waals surface area contributed by atoms with Crippen LogP contribution in [0.5, 0.6) is 5.75 Å². The van der Waals surface area contributed by atoms with Crippen LogP contribution in [0.1, 0.15) is 28.2 Å². The second-order valence-corrected chi connectivity index (χ2v) is 7.26. The van der Waals surface area contributed by atoms with Crippen LogP contribution >= 0.6 is 11.6 Å². The van der Waals surface area contributed by atoms with Crippen molar-refractivity contribution in [1.29, 1.82) is 5.26 Å². The zero-order valence-corrected chi connectivity index (χ0v) is 16.1. The number of hydrogen-bond acceptors (Lipinski definition) is 5. The first-order chi connectivity index (χ1) is 13.6. The molecule has 1 fully saturated rings. The molecule has 4 rings (SSSR count). The molecule has 3 aromatic rings. The number of nitrogens with zero attached hydrogens (tertiary/aromatic N) is 3. The summed E-state index contributed by atoms with van der Waals surface area (Å²) in [4.78, 5) is 8.43. The summed E-state index contributed by atoms with van der Waals surface area (Å²) in [6.45, 7) is 3.35. The molecular weight excluding hydrogens is 374 g/mol. The number of hydrogen-bond donors (Lipinski definition) is 0. The Morgan fingerprint density at radius 1 is 1.14 bits per heavy atom. The minimum atomic E-state index is -0.293. The molecule has 1 aliphatic rings. The predicted molar refractivity (Wildman–Crippen MR) is 105 cm³/mol. The van der Waals surface area contributed by atoms with E-state index < -0.39 is 0 Å². The lowest BCUT2D eigenvalue weighted by Crippen LogP contribution is -2.47. The van der Waals surface area contributed by atoms with Crippen LogP contribution in [0.25, 0.3) is 0 Å². The van der Waals surface area contributed by atoms with E-state index in [9.17, 15) is 5.26 Å². The lowest BCUT2D eigenvalue weighted by atomic mass is 9.72. The summed E-state index contributed by atoms with van der Waals surface area (Å²) in [5, 5.41) is 9.81. The third kappa shape index (κ3) is 3.57. The Kier molecular flexibility index (Phi) is 4.99. The highest BCUT2D eigenvalue weighted by Gasteiger charge is 2.42. The average molecular weight is 392 g/mol. The SMILES string of the molecule is Cc1nccc(COc2ccc(C3(c4cc(Cl)cc(C#N)c4)COC3)cc2)n1. The number of halogens is 1. The molecule has 0 aliphatic carbocycles. The summed E-state index contributed by atoms with van der Waals surface area (Å²) in [7, 11) is 0. The van der Waals surface area contributed by atoms with E-state index >= 15 is 0 Å². The van der Waals surface area contributed by atoms with Crippen LogP contribution in [0.2, 0.25) is 5.02 Å². The van der Waals surface area contributed by atoms with Crippen molar-refractivity contribution >= 4 is 11.6 Å². The first kappa shape index (κ1) is 18.4. The quantitative estimate of drug-likeness (QED) is 0.651. The smallest absolute Gasteiger partial charge is 0.130 e. The van der Waals surface area contributed by atoms with Gasteiger partial charge in [0.15, 0.2) is 0 Å². The van der Waals surface area contributed by atoms with Gasteiger partial charge in [-0.25, -0.2) is 9.97 Å². The molecule has 5 nitrogen and oxygen atoms in total. The van der Waals surface area contributed by atoms with Crippen molar-refractivity contribution in [2.45, 2.75) is 18.9 Å². The first-order valence-corrected chi connectivity index (χ1v) is 9.28. The summed E-state index contributed by atoms with van der Waals surface area (Å²) in [6, 6.07) is 17.4. The Bertz CT molecular complexity index is 1040. The van der Waals surface area contributed by atoms with Gasteiger partial charge in [0.05, 0.1) is 36.0 Å². The van der Waals surface area contributed by atoms with E-state index in [1.807, 2.05) is 49.4 Å². The molecule has 6 heteroatoms. The molecule has 0 atom stereocenters. The molecule has 2 aromatic carbocycles. The molecule has 0 unspecified atom stereocenters. The molecule has 1 saturated heterocycles. The van der Waals surface area contributed by atoms with E-state index in [2.05, 4.69) is 16.0 Å². The summed E-state index contributed by atoms with van der Waals surface area (Å²) < 4.78 is 11.4. The molecule has 0 radical (unpaired) electrons. The first-order valence-electron chi connectivity index (χ1n) is 8.90. The molecule has 1 aliphatic heterocycles. The van der Waals surface area contributed by atoms with Gasteiger partial charge in [0.25, 0.3) is 0 Å². The van der Waals surface area contributed by atoms with Crippen molar-refractivity contribution in [2.24, 2.45) is 0 Å².